The molecule has 0 spiro atoms. The lowest BCUT2D eigenvalue weighted by atomic mass is 9.80. The van der Waals surface area contributed by atoms with Gasteiger partial charge in [-0.3, -0.25) is 0 Å². The zero-order chi connectivity index (χ0) is 7.99. The quantitative estimate of drug-likeness (QED) is 0.417. The molecule has 0 bridgehead atoms. The van der Waals surface area contributed by atoms with Gasteiger partial charge in [-0.25, -0.2) is 0 Å². The van der Waals surface area contributed by atoms with E-state index in [4.69, 9.17) is 9.78 Å². The second-order valence-electron chi connectivity index (χ2n) is 4.24. The minimum atomic E-state index is -0.312. The van der Waals surface area contributed by atoms with Gasteiger partial charge in [-0.15, -0.1) is 0 Å². The summed E-state index contributed by atoms with van der Waals surface area (Å²) >= 11 is 0. The van der Waals surface area contributed by atoms with Gasteiger partial charge in [-0.2, -0.15) is 9.78 Å². The molecular weight excluding hydrogens is 128 g/mol. The van der Waals surface area contributed by atoms with Crippen molar-refractivity contribution in [3.8, 4) is 0 Å². The van der Waals surface area contributed by atoms with Gasteiger partial charge in [0.05, 0.1) is 0 Å². The summed E-state index contributed by atoms with van der Waals surface area (Å²) in [5, 5.41) is 0. The Morgan fingerprint density at radius 2 is 1.50 bits per heavy atom. The third-order valence-corrected chi connectivity index (χ3v) is 2.07. The van der Waals surface area contributed by atoms with E-state index in [-0.39, 0.29) is 11.2 Å². The fourth-order valence-electron chi connectivity index (χ4n) is 1.35. The van der Waals surface area contributed by atoms with E-state index >= 15 is 0 Å². The van der Waals surface area contributed by atoms with E-state index in [2.05, 4.69) is 34.6 Å². The third kappa shape index (κ3) is 0.956. The van der Waals surface area contributed by atoms with E-state index in [1.807, 2.05) is 0 Å². The lowest BCUT2D eigenvalue weighted by Gasteiger charge is -2.25. The van der Waals surface area contributed by atoms with Crippen LogP contribution in [0.2, 0.25) is 0 Å². The first-order chi connectivity index (χ1) is 4.40. The molecule has 0 saturated carbocycles. The van der Waals surface area contributed by atoms with Crippen LogP contribution in [0, 0.1) is 11.3 Å². The number of hydrogen-bond acceptors (Lipinski definition) is 2. The van der Waals surface area contributed by atoms with E-state index in [1.54, 1.807) is 0 Å². The van der Waals surface area contributed by atoms with Crippen LogP contribution < -0.4 is 0 Å². The van der Waals surface area contributed by atoms with Gasteiger partial charge >= 0.3 is 0 Å². The third-order valence-electron chi connectivity index (χ3n) is 2.07. The predicted octanol–water partition coefficient (Wildman–Crippen LogP) is 2.35. The summed E-state index contributed by atoms with van der Waals surface area (Å²) in [6.07, 6.45) is 0. The summed E-state index contributed by atoms with van der Waals surface area (Å²) in [4.78, 5) is 10.0. The smallest absolute Gasteiger partial charge is 0.194 e. The van der Waals surface area contributed by atoms with Gasteiger partial charge < -0.3 is 0 Å². The van der Waals surface area contributed by atoms with Crippen LogP contribution in [0.25, 0.3) is 0 Å². The minimum Gasteiger partial charge on any atom is -0.194 e. The lowest BCUT2D eigenvalue weighted by Crippen LogP contribution is -2.34. The average molecular weight is 144 g/mol. The van der Waals surface area contributed by atoms with Gasteiger partial charge in [0, 0.05) is 11.3 Å². The molecule has 0 unspecified atom stereocenters. The van der Waals surface area contributed by atoms with Gasteiger partial charge in [0.1, 0.15) is 0 Å². The highest BCUT2D eigenvalue weighted by molar-refractivity contribution is 4.90. The van der Waals surface area contributed by atoms with Crippen molar-refractivity contribution in [3.05, 3.63) is 0 Å². The van der Waals surface area contributed by atoms with Crippen molar-refractivity contribution in [2.24, 2.45) is 11.3 Å². The molecular formula is C8H16O2. The zero-order valence-corrected chi connectivity index (χ0v) is 7.39. The summed E-state index contributed by atoms with van der Waals surface area (Å²) in [7, 11) is 0. The zero-order valence-electron chi connectivity index (χ0n) is 7.39. The summed E-state index contributed by atoms with van der Waals surface area (Å²) in [5.74, 6) is 0.111. The largest absolute Gasteiger partial charge is 0.241 e. The van der Waals surface area contributed by atoms with Crippen molar-refractivity contribution in [1.82, 2.24) is 0 Å². The highest BCUT2D eigenvalue weighted by Crippen LogP contribution is 2.50. The van der Waals surface area contributed by atoms with Crippen LogP contribution in [0.3, 0.4) is 0 Å². The van der Waals surface area contributed by atoms with E-state index in [0.717, 1.165) is 0 Å². The maximum atomic E-state index is 5.02. The summed E-state index contributed by atoms with van der Waals surface area (Å²) < 4.78 is 0. The van der Waals surface area contributed by atoms with Crippen molar-refractivity contribution < 1.29 is 9.78 Å². The molecule has 1 fully saturated rings. The van der Waals surface area contributed by atoms with Crippen molar-refractivity contribution in [3.63, 3.8) is 0 Å². The molecule has 1 heterocycles. The lowest BCUT2D eigenvalue weighted by molar-refractivity contribution is 0.0850. The second kappa shape index (κ2) is 1.95. The summed E-state index contributed by atoms with van der Waals surface area (Å²) in [5.41, 5.74) is 0.0845. The van der Waals surface area contributed by atoms with E-state index < -0.39 is 0 Å². The van der Waals surface area contributed by atoms with Crippen molar-refractivity contribution in [2.75, 3.05) is 0 Å². The topological polar surface area (TPSA) is 25.1 Å². The Morgan fingerprint density at radius 3 is 1.50 bits per heavy atom. The Morgan fingerprint density at radius 1 is 1.10 bits per heavy atom. The van der Waals surface area contributed by atoms with Gasteiger partial charge in [0.15, 0.2) is 0 Å². The first-order valence-corrected chi connectivity index (χ1v) is 3.77. The molecule has 0 radical (unpaired) electrons. The molecule has 0 atom stereocenters. The van der Waals surface area contributed by atoms with Crippen LogP contribution in [-0.4, -0.2) is 5.79 Å². The molecule has 1 rings (SSSR count). The second-order valence-corrected chi connectivity index (χ2v) is 4.24. The van der Waals surface area contributed by atoms with Crippen molar-refractivity contribution >= 4 is 0 Å². The molecule has 0 aliphatic carbocycles. The van der Waals surface area contributed by atoms with Crippen LogP contribution in [0.5, 0.6) is 0 Å². The van der Waals surface area contributed by atoms with Crippen LogP contribution in [-0.2, 0) is 9.78 Å². The monoisotopic (exact) mass is 144 g/mol. The van der Waals surface area contributed by atoms with Crippen LogP contribution >= 0.6 is 0 Å². The Balaban J connectivity index is 2.70. The average Bonchev–Trinajstić information content (AvgIpc) is 2.36. The Bertz CT molecular complexity index is 129. The molecule has 0 aromatic rings. The molecule has 0 amide bonds. The van der Waals surface area contributed by atoms with Gasteiger partial charge in [0.2, 0.25) is 5.79 Å². The normalized spacial score (nSPS) is 23.4. The molecule has 0 aromatic heterocycles. The molecule has 2 nitrogen and oxygen atoms in total. The molecule has 2 heteroatoms. The van der Waals surface area contributed by atoms with E-state index in [0.29, 0.717) is 5.92 Å². The first-order valence-electron chi connectivity index (χ1n) is 3.77. The predicted molar refractivity (Wildman–Crippen MR) is 39.2 cm³/mol. The molecule has 1 aliphatic rings. The highest BCUT2D eigenvalue weighted by atomic mass is 17.4. The van der Waals surface area contributed by atoms with Gasteiger partial charge in [0.25, 0.3) is 0 Å². The Labute approximate surface area is 62.4 Å². The minimum absolute atomic E-state index is 0.0845. The SMILES string of the molecule is CC(C)C1(C(C)(C)C)OO1. The number of hydrogen-bond donors (Lipinski definition) is 0. The first kappa shape index (κ1) is 8.02. The van der Waals surface area contributed by atoms with Crippen molar-refractivity contribution in [1.29, 1.82) is 0 Å². The van der Waals surface area contributed by atoms with Crippen molar-refractivity contribution in [2.45, 2.75) is 40.4 Å². The summed E-state index contributed by atoms with van der Waals surface area (Å²) in [6.45, 7) is 10.6. The Kier molecular flexibility index (Phi) is 1.57. The maximum Gasteiger partial charge on any atom is 0.241 e. The molecule has 60 valence electrons. The fourth-order valence-corrected chi connectivity index (χ4v) is 1.35. The fraction of sp³-hybridized carbons (Fsp3) is 1.00. The molecule has 10 heavy (non-hydrogen) atoms. The highest BCUT2D eigenvalue weighted by Gasteiger charge is 2.60. The molecule has 0 aromatic carbocycles. The van der Waals surface area contributed by atoms with E-state index in [9.17, 15) is 0 Å². The van der Waals surface area contributed by atoms with Crippen LogP contribution in [0.1, 0.15) is 34.6 Å². The maximum absolute atomic E-state index is 5.02. The summed E-state index contributed by atoms with van der Waals surface area (Å²) in [6, 6.07) is 0. The van der Waals surface area contributed by atoms with Crippen LogP contribution in [0.15, 0.2) is 0 Å². The molecule has 1 saturated heterocycles. The van der Waals surface area contributed by atoms with Crippen LogP contribution in [0.4, 0.5) is 0 Å². The molecule has 0 N–H and O–H groups in total. The Hall–Kier alpha value is -0.0800. The van der Waals surface area contributed by atoms with E-state index in [1.165, 1.54) is 0 Å². The molecule has 1 aliphatic heterocycles. The number of rotatable bonds is 1. The van der Waals surface area contributed by atoms with Gasteiger partial charge in [-0.1, -0.05) is 34.6 Å². The van der Waals surface area contributed by atoms with Gasteiger partial charge in [-0.05, 0) is 0 Å². The standard InChI is InChI=1S/C8H16O2/c1-6(2)8(9-10-8)7(3,4)5/h6H,1-5H3.